The lowest BCUT2D eigenvalue weighted by atomic mass is 10.3. The van der Waals surface area contributed by atoms with Crippen LogP contribution in [-0.2, 0) is 6.54 Å². The number of nitrogen functional groups attached to an aromatic ring is 1. The fourth-order valence-electron chi connectivity index (χ4n) is 1.33. The molecule has 6 heteroatoms. The highest BCUT2D eigenvalue weighted by Crippen LogP contribution is 2.15. The van der Waals surface area contributed by atoms with Crippen LogP contribution in [0.25, 0.3) is 0 Å². The molecule has 1 aromatic heterocycles. The van der Waals surface area contributed by atoms with Gasteiger partial charge in [-0.3, -0.25) is 4.68 Å². The van der Waals surface area contributed by atoms with Crippen molar-refractivity contribution in [3.63, 3.8) is 0 Å². The van der Waals surface area contributed by atoms with E-state index in [9.17, 15) is 8.78 Å². The van der Waals surface area contributed by atoms with Crippen molar-refractivity contribution in [2.45, 2.75) is 6.54 Å². The van der Waals surface area contributed by atoms with E-state index in [4.69, 9.17) is 10.5 Å². The SMILES string of the molecule is Nc1cnn(CCOc2ccc(F)c(F)c2)c1. The predicted molar refractivity (Wildman–Crippen MR) is 58.5 cm³/mol. The molecule has 0 bridgehead atoms. The van der Waals surface area contributed by atoms with Crippen LogP contribution in [0.4, 0.5) is 14.5 Å². The van der Waals surface area contributed by atoms with Gasteiger partial charge >= 0.3 is 0 Å². The van der Waals surface area contributed by atoms with E-state index in [2.05, 4.69) is 5.10 Å². The van der Waals surface area contributed by atoms with Crippen molar-refractivity contribution in [1.82, 2.24) is 9.78 Å². The monoisotopic (exact) mass is 239 g/mol. The molecular formula is C11H11F2N3O. The van der Waals surface area contributed by atoms with Crippen molar-refractivity contribution in [3.8, 4) is 5.75 Å². The summed E-state index contributed by atoms with van der Waals surface area (Å²) in [6.07, 6.45) is 3.19. The second-order valence-electron chi connectivity index (χ2n) is 3.46. The molecule has 1 aromatic carbocycles. The minimum Gasteiger partial charge on any atom is -0.492 e. The Balaban J connectivity index is 1.87. The van der Waals surface area contributed by atoms with Crippen molar-refractivity contribution in [2.24, 2.45) is 0 Å². The van der Waals surface area contributed by atoms with Crippen LogP contribution in [0.15, 0.2) is 30.6 Å². The maximum Gasteiger partial charge on any atom is 0.162 e. The second-order valence-corrected chi connectivity index (χ2v) is 3.46. The van der Waals surface area contributed by atoms with E-state index in [1.807, 2.05) is 0 Å². The molecule has 0 saturated heterocycles. The fourth-order valence-corrected chi connectivity index (χ4v) is 1.33. The molecule has 0 atom stereocenters. The lowest BCUT2D eigenvalue weighted by Crippen LogP contribution is -2.08. The number of aromatic nitrogens is 2. The Morgan fingerprint density at radius 3 is 2.76 bits per heavy atom. The minimum atomic E-state index is -0.925. The molecule has 0 aliphatic heterocycles. The van der Waals surface area contributed by atoms with Gasteiger partial charge in [0.15, 0.2) is 11.6 Å². The topological polar surface area (TPSA) is 53.1 Å². The van der Waals surface area contributed by atoms with Crippen LogP contribution in [0.2, 0.25) is 0 Å². The Hall–Kier alpha value is -2.11. The highest BCUT2D eigenvalue weighted by atomic mass is 19.2. The largest absolute Gasteiger partial charge is 0.492 e. The Kier molecular flexibility index (Phi) is 3.22. The van der Waals surface area contributed by atoms with Gasteiger partial charge in [-0.1, -0.05) is 0 Å². The Morgan fingerprint density at radius 1 is 1.29 bits per heavy atom. The van der Waals surface area contributed by atoms with E-state index in [1.54, 1.807) is 10.9 Å². The van der Waals surface area contributed by atoms with Gasteiger partial charge in [0.05, 0.1) is 18.4 Å². The van der Waals surface area contributed by atoms with E-state index in [0.29, 0.717) is 18.8 Å². The summed E-state index contributed by atoms with van der Waals surface area (Å²) in [5, 5.41) is 3.96. The van der Waals surface area contributed by atoms with Crippen LogP contribution in [-0.4, -0.2) is 16.4 Å². The van der Waals surface area contributed by atoms with E-state index in [0.717, 1.165) is 12.1 Å². The van der Waals surface area contributed by atoms with E-state index < -0.39 is 11.6 Å². The van der Waals surface area contributed by atoms with Crippen molar-refractivity contribution < 1.29 is 13.5 Å². The average molecular weight is 239 g/mol. The molecule has 17 heavy (non-hydrogen) atoms. The molecule has 90 valence electrons. The average Bonchev–Trinajstić information content (AvgIpc) is 2.70. The zero-order valence-corrected chi connectivity index (χ0v) is 8.94. The summed E-state index contributed by atoms with van der Waals surface area (Å²) in [4.78, 5) is 0. The number of ether oxygens (including phenoxy) is 1. The van der Waals surface area contributed by atoms with Gasteiger partial charge in [0.2, 0.25) is 0 Å². The molecule has 0 aliphatic carbocycles. The molecule has 2 N–H and O–H groups in total. The number of nitrogens with two attached hydrogens (primary N) is 1. The molecule has 0 amide bonds. The molecule has 0 radical (unpaired) electrons. The molecule has 0 aliphatic rings. The quantitative estimate of drug-likeness (QED) is 0.885. The van der Waals surface area contributed by atoms with Crippen molar-refractivity contribution in [3.05, 3.63) is 42.2 Å². The predicted octanol–water partition coefficient (Wildman–Crippen LogP) is 1.82. The van der Waals surface area contributed by atoms with Crippen LogP contribution in [0.3, 0.4) is 0 Å². The lowest BCUT2D eigenvalue weighted by molar-refractivity contribution is 0.289. The van der Waals surface area contributed by atoms with Crippen LogP contribution in [0.5, 0.6) is 5.75 Å². The first kappa shape index (κ1) is 11.4. The molecule has 2 aromatic rings. The highest BCUT2D eigenvalue weighted by Gasteiger charge is 2.03. The number of rotatable bonds is 4. The molecule has 2 rings (SSSR count). The number of nitrogens with zero attached hydrogens (tertiary/aromatic N) is 2. The third kappa shape index (κ3) is 2.93. The van der Waals surface area contributed by atoms with E-state index >= 15 is 0 Å². The summed E-state index contributed by atoms with van der Waals surface area (Å²) in [6, 6.07) is 3.40. The summed E-state index contributed by atoms with van der Waals surface area (Å²) < 4.78 is 32.3. The van der Waals surface area contributed by atoms with Crippen molar-refractivity contribution in [2.75, 3.05) is 12.3 Å². The van der Waals surface area contributed by atoms with Gasteiger partial charge in [0.25, 0.3) is 0 Å². The number of hydrogen-bond acceptors (Lipinski definition) is 3. The summed E-state index contributed by atoms with van der Waals surface area (Å²) in [5.74, 6) is -1.54. The molecule has 0 fully saturated rings. The first-order valence-electron chi connectivity index (χ1n) is 5.01. The minimum absolute atomic E-state index is 0.282. The Bertz CT molecular complexity index is 513. The zero-order chi connectivity index (χ0) is 12.3. The van der Waals surface area contributed by atoms with Gasteiger partial charge < -0.3 is 10.5 Å². The number of anilines is 1. The lowest BCUT2D eigenvalue weighted by Gasteiger charge is -2.06. The van der Waals surface area contributed by atoms with Crippen LogP contribution in [0.1, 0.15) is 0 Å². The Labute approximate surface area is 96.6 Å². The molecule has 0 unspecified atom stereocenters. The third-order valence-electron chi connectivity index (χ3n) is 2.13. The first-order valence-corrected chi connectivity index (χ1v) is 5.01. The van der Waals surface area contributed by atoms with Crippen LogP contribution >= 0.6 is 0 Å². The number of hydrogen-bond donors (Lipinski definition) is 1. The van der Waals surface area contributed by atoms with Crippen LogP contribution in [0, 0.1) is 11.6 Å². The first-order chi connectivity index (χ1) is 8.15. The van der Waals surface area contributed by atoms with Gasteiger partial charge in [0, 0.05) is 12.3 Å². The van der Waals surface area contributed by atoms with E-state index in [1.165, 1.54) is 12.3 Å². The normalized spacial score (nSPS) is 10.5. The second kappa shape index (κ2) is 4.82. The molecular weight excluding hydrogens is 228 g/mol. The summed E-state index contributed by atoms with van der Waals surface area (Å²) in [5.41, 5.74) is 6.05. The molecule has 0 spiro atoms. The van der Waals surface area contributed by atoms with E-state index in [-0.39, 0.29) is 5.75 Å². The summed E-state index contributed by atoms with van der Waals surface area (Å²) in [7, 11) is 0. The van der Waals surface area contributed by atoms with Gasteiger partial charge in [-0.2, -0.15) is 5.10 Å². The smallest absolute Gasteiger partial charge is 0.162 e. The van der Waals surface area contributed by atoms with Gasteiger partial charge in [-0.05, 0) is 12.1 Å². The zero-order valence-electron chi connectivity index (χ0n) is 8.94. The summed E-state index contributed by atoms with van der Waals surface area (Å²) in [6.45, 7) is 0.780. The number of halogens is 2. The molecule has 0 saturated carbocycles. The van der Waals surface area contributed by atoms with Crippen molar-refractivity contribution in [1.29, 1.82) is 0 Å². The molecule has 4 nitrogen and oxygen atoms in total. The third-order valence-corrected chi connectivity index (χ3v) is 2.13. The van der Waals surface area contributed by atoms with Crippen molar-refractivity contribution >= 4 is 5.69 Å². The standard InChI is InChI=1S/C11H11F2N3O/c12-10-2-1-9(5-11(10)13)17-4-3-16-7-8(14)6-15-16/h1-2,5-7H,3-4,14H2. The Morgan fingerprint density at radius 2 is 2.12 bits per heavy atom. The van der Waals surface area contributed by atoms with Gasteiger partial charge in [-0.15, -0.1) is 0 Å². The van der Waals surface area contributed by atoms with Crippen LogP contribution < -0.4 is 10.5 Å². The highest BCUT2D eigenvalue weighted by molar-refractivity contribution is 5.30. The number of benzene rings is 1. The molecule has 1 heterocycles. The fraction of sp³-hybridized carbons (Fsp3) is 0.182. The maximum atomic E-state index is 12.8. The van der Waals surface area contributed by atoms with Gasteiger partial charge in [0.1, 0.15) is 12.4 Å². The summed E-state index contributed by atoms with van der Waals surface area (Å²) >= 11 is 0. The van der Waals surface area contributed by atoms with Gasteiger partial charge in [-0.25, -0.2) is 8.78 Å². The maximum absolute atomic E-state index is 12.8.